The number of hydrogen-bond donors (Lipinski definition) is 0. The molecule has 6 heteroatoms. The molecule has 0 N–H and O–H groups in total. The van der Waals surface area contributed by atoms with Gasteiger partial charge in [0.1, 0.15) is 13.2 Å². The average Bonchev–Trinajstić information content (AvgIpc) is 3.36. The lowest BCUT2D eigenvalue weighted by atomic mass is 10.1. The summed E-state index contributed by atoms with van der Waals surface area (Å²) in [7, 11) is 0. The molecule has 0 bridgehead atoms. The first-order valence-corrected chi connectivity index (χ1v) is 28.5. The Morgan fingerprint density at radius 2 is 0.557 bits per heavy atom. The van der Waals surface area contributed by atoms with Gasteiger partial charge in [-0.3, -0.25) is 14.4 Å². The third-order valence-corrected chi connectivity index (χ3v) is 11.7. The fraction of sp³-hybridized carbons (Fsp3) is 0.641. The summed E-state index contributed by atoms with van der Waals surface area (Å²) in [5, 5.41) is 0. The Labute approximate surface area is 431 Å². The van der Waals surface area contributed by atoms with Crippen LogP contribution in [0.1, 0.15) is 245 Å². The summed E-state index contributed by atoms with van der Waals surface area (Å²) in [6, 6.07) is 0. The first kappa shape index (κ1) is 65.8. The second-order valence-electron chi connectivity index (χ2n) is 18.4. The number of ether oxygens (including phenoxy) is 3. The van der Waals surface area contributed by atoms with Crippen molar-refractivity contribution >= 4 is 17.9 Å². The van der Waals surface area contributed by atoms with Crippen LogP contribution in [0.25, 0.3) is 0 Å². The number of unbranched alkanes of at least 4 members (excludes halogenated alkanes) is 19. The summed E-state index contributed by atoms with van der Waals surface area (Å²) in [5.74, 6) is -0.932. The Kier molecular flexibility index (Phi) is 54.0. The molecule has 1 unspecified atom stereocenters. The molecule has 0 rings (SSSR count). The predicted octanol–water partition coefficient (Wildman–Crippen LogP) is 19.3. The van der Waals surface area contributed by atoms with E-state index in [0.717, 1.165) is 154 Å². The van der Waals surface area contributed by atoms with Crippen molar-refractivity contribution in [1.82, 2.24) is 0 Å². The van der Waals surface area contributed by atoms with E-state index in [-0.39, 0.29) is 31.1 Å². The van der Waals surface area contributed by atoms with Gasteiger partial charge in [0.2, 0.25) is 0 Å². The third-order valence-electron chi connectivity index (χ3n) is 11.7. The van der Waals surface area contributed by atoms with Crippen LogP contribution in [0.3, 0.4) is 0 Å². The molecule has 70 heavy (non-hydrogen) atoms. The first-order chi connectivity index (χ1) is 34.5. The highest BCUT2D eigenvalue weighted by Crippen LogP contribution is 2.14. The lowest BCUT2D eigenvalue weighted by Gasteiger charge is -2.18. The molecule has 0 amide bonds. The van der Waals surface area contributed by atoms with Crippen molar-refractivity contribution in [2.45, 2.75) is 252 Å². The molecule has 0 saturated carbocycles. The molecular weight excluding hydrogens is 865 g/mol. The molecule has 0 fully saturated rings. The quantitative estimate of drug-likeness (QED) is 0.0262. The molecule has 0 spiro atoms. The predicted molar refractivity (Wildman–Crippen MR) is 302 cm³/mol. The van der Waals surface area contributed by atoms with E-state index in [1.54, 1.807) is 0 Å². The van der Waals surface area contributed by atoms with Gasteiger partial charge in [-0.2, -0.15) is 0 Å². The lowest BCUT2D eigenvalue weighted by Crippen LogP contribution is -2.30. The molecule has 0 aromatic heterocycles. The summed E-state index contributed by atoms with van der Waals surface area (Å²) in [5.41, 5.74) is 0. The van der Waals surface area contributed by atoms with Gasteiger partial charge in [-0.15, -0.1) is 0 Å². The van der Waals surface area contributed by atoms with E-state index < -0.39 is 6.10 Å². The van der Waals surface area contributed by atoms with E-state index >= 15 is 0 Å². The van der Waals surface area contributed by atoms with Gasteiger partial charge in [-0.1, -0.05) is 226 Å². The van der Waals surface area contributed by atoms with Crippen LogP contribution in [0.5, 0.6) is 0 Å². The van der Waals surface area contributed by atoms with E-state index in [4.69, 9.17) is 14.2 Å². The largest absolute Gasteiger partial charge is 0.462 e. The molecule has 0 aliphatic carbocycles. The number of carbonyl (C=O) groups excluding carboxylic acids is 3. The van der Waals surface area contributed by atoms with Crippen molar-refractivity contribution in [2.75, 3.05) is 13.2 Å². The van der Waals surface area contributed by atoms with E-state index in [1.807, 2.05) is 0 Å². The molecule has 396 valence electrons. The van der Waals surface area contributed by atoms with Crippen molar-refractivity contribution in [1.29, 1.82) is 0 Å². The van der Waals surface area contributed by atoms with Gasteiger partial charge in [-0.25, -0.2) is 0 Å². The number of allylic oxidation sites excluding steroid dienone is 20. The van der Waals surface area contributed by atoms with Crippen molar-refractivity contribution < 1.29 is 28.6 Å². The normalized spacial score (nSPS) is 13.0. The Morgan fingerprint density at radius 3 is 0.886 bits per heavy atom. The smallest absolute Gasteiger partial charge is 0.306 e. The van der Waals surface area contributed by atoms with Crippen LogP contribution in [0, 0.1) is 0 Å². The third kappa shape index (κ3) is 54.7. The van der Waals surface area contributed by atoms with Crippen LogP contribution >= 0.6 is 0 Å². The highest BCUT2D eigenvalue weighted by atomic mass is 16.6. The summed E-state index contributed by atoms with van der Waals surface area (Å²) in [6.07, 6.45) is 79.1. The molecular formula is C64H104O6. The number of carbonyl (C=O) groups is 3. The SMILES string of the molecule is CC/C=C\C/C=C\C/C=C\C/C=C\C/C=C\C/C=C\CCCCCCCCC(=O)OCC(COC(=O)CCCCCCC/C=C\CCC)OC(=O)CCCCCCCCC/C=C\C/C=C\C/C=C\CC. The molecule has 0 heterocycles. The Morgan fingerprint density at radius 1 is 0.300 bits per heavy atom. The zero-order chi connectivity index (χ0) is 50.7. The fourth-order valence-corrected chi connectivity index (χ4v) is 7.46. The van der Waals surface area contributed by atoms with E-state index in [1.165, 1.54) is 51.4 Å². The van der Waals surface area contributed by atoms with Gasteiger partial charge in [0.15, 0.2) is 6.10 Å². The van der Waals surface area contributed by atoms with Gasteiger partial charge in [0.05, 0.1) is 0 Å². The summed E-state index contributed by atoms with van der Waals surface area (Å²) >= 11 is 0. The van der Waals surface area contributed by atoms with Crippen LogP contribution in [0.4, 0.5) is 0 Å². The second-order valence-corrected chi connectivity index (χ2v) is 18.4. The minimum absolute atomic E-state index is 0.0942. The average molecular weight is 970 g/mol. The second kappa shape index (κ2) is 57.4. The number of rotatable bonds is 50. The van der Waals surface area contributed by atoms with Crippen molar-refractivity contribution in [2.24, 2.45) is 0 Å². The Balaban J connectivity index is 4.35. The molecule has 0 aromatic rings. The maximum absolute atomic E-state index is 12.8. The molecule has 0 saturated heterocycles. The highest BCUT2D eigenvalue weighted by molar-refractivity contribution is 5.71. The van der Waals surface area contributed by atoms with Crippen LogP contribution in [0.15, 0.2) is 122 Å². The standard InChI is InChI=1S/C64H104O6/c1-4-7-10-13-16-19-22-24-26-28-29-30-31-32-33-34-35-37-38-40-42-45-48-51-54-57-63(66)69-60-61(59-68-62(65)56-53-50-47-44-21-18-15-12-9-6-3)70-64(67)58-55-52-49-46-43-41-39-36-27-25-23-20-17-14-11-8-5-2/h7-8,10-12,15-17,19-20,24-27,29-30,32-33,35,37,61H,4-6,9,13-14,18,21-23,28,31,34,36,38-60H2,1-3H3/b10-7-,11-8-,15-12-,19-16-,20-17-,26-24-,27-25-,30-29-,33-32-,37-35-. The van der Waals surface area contributed by atoms with E-state index in [0.29, 0.717) is 19.3 Å². The Hall–Kier alpha value is -4.19. The summed E-state index contributed by atoms with van der Waals surface area (Å²) in [4.78, 5) is 38.1. The first-order valence-electron chi connectivity index (χ1n) is 28.5. The van der Waals surface area contributed by atoms with Crippen LogP contribution in [-0.4, -0.2) is 37.2 Å². The molecule has 1 atom stereocenters. The van der Waals surface area contributed by atoms with Crippen LogP contribution in [-0.2, 0) is 28.6 Å². The summed E-state index contributed by atoms with van der Waals surface area (Å²) in [6.45, 7) is 6.32. The topological polar surface area (TPSA) is 78.9 Å². The number of hydrogen-bond acceptors (Lipinski definition) is 6. The fourth-order valence-electron chi connectivity index (χ4n) is 7.46. The van der Waals surface area contributed by atoms with Gasteiger partial charge in [-0.05, 0) is 122 Å². The van der Waals surface area contributed by atoms with Crippen molar-refractivity contribution in [3.8, 4) is 0 Å². The summed E-state index contributed by atoms with van der Waals surface area (Å²) < 4.78 is 16.8. The van der Waals surface area contributed by atoms with Gasteiger partial charge in [0.25, 0.3) is 0 Å². The van der Waals surface area contributed by atoms with Gasteiger partial charge < -0.3 is 14.2 Å². The zero-order valence-electron chi connectivity index (χ0n) is 45.2. The minimum Gasteiger partial charge on any atom is -0.462 e. The molecule has 0 radical (unpaired) electrons. The maximum Gasteiger partial charge on any atom is 0.306 e. The molecule has 0 aliphatic rings. The maximum atomic E-state index is 12.8. The zero-order valence-corrected chi connectivity index (χ0v) is 45.2. The van der Waals surface area contributed by atoms with Crippen LogP contribution in [0.2, 0.25) is 0 Å². The molecule has 0 aromatic carbocycles. The van der Waals surface area contributed by atoms with Gasteiger partial charge >= 0.3 is 17.9 Å². The van der Waals surface area contributed by atoms with E-state index in [2.05, 4.69) is 142 Å². The van der Waals surface area contributed by atoms with Crippen LogP contribution < -0.4 is 0 Å². The lowest BCUT2D eigenvalue weighted by molar-refractivity contribution is -0.167. The van der Waals surface area contributed by atoms with Crippen molar-refractivity contribution in [3.05, 3.63) is 122 Å². The number of esters is 3. The van der Waals surface area contributed by atoms with Crippen molar-refractivity contribution in [3.63, 3.8) is 0 Å². The Bertz CT molecular complexity index is 1490. The minimum atomic E-state index is -0.796. The van der Waals surface area contributed by atoms with E-state index in [9.17, 15) is 14.4 Å². The monoisotopic (exact) mass is 969 g/mol. The van der Waals surface area contributed by atoms with Gasteiger partial charge in [0, 0.05) is 19.3 Å². The highest BCUT2D eigenvalue weighted by Gasteiger charge is 2.19. The molecule has 6 nitrogen and oxygen atoms in total. The molecule has 0 aliphatic heterocycles.